The molecule has 156 valence electrons. The smallest absolute Gasteiger partial charge is 0.254 e. The third-order valence-corrected chi connectivity index (χ3v) is 6.63. The number of piperidine rings is 1. The molecule has 2 aliphatic rings. The van der Waals surface area contributed by atoms with Crippen LogP contribution in [0.4, 0.5) is 0 Å². The monoisotopic (exact) mass is 396 g/mol. The highest BCUT2D eigenvalue weighted by molar-refractivity contribution is 5.95. The summed E-state index contributed by atoms with van der Waals surface area (Å²) in [7, 11) is 0. The van der Waals surface area contributed by atoms with Crippen LogP contribution in [-0.4, -0.2) is 59.0 Å². The lowest BCUT2D eigenvalue weighted by molar-refractivity contribution is -0.0349. The van der Waals surface area contributed by atoms with Gasteiger partial charge in [0.05, 0.1) is 23.1 Å². The number of likely N-dealkylation sites (tertiary alicyclic amines) is 1. The summed E-state index contributed by atoms with van der Waals surface area (Å²) < 4.78 is 7.50. The third kappa shape index (κ3) is 4.09. The van der Waals surface area contributed by atoms with E-state index < -0.39 is 0 Å². The molecule has 0 saturated carbocycles. The molecular formula is C23H32N4O2. The van der Waals surface area contributed by atoms with Crippen LogP contribution in [0, 0.1) is 13.8 Å². The van der Waals surface area contributed by atoms with Crippen LogP contribution in [-0.2, 0) is 4.74 Å². The number of aromatic nitrogens is 2. The maximum absolute atomic E-state index is 13.0. The average Bonchev–Trinajstić information content (AvgIpc) is 3.15. The Bertz CT molecular complexity index is 848. The second kappa shape index (κ2) is 8.67. The van der Waals surface area contributed by atoms with Crippen LogP contribution in [0.5, 0.6) is 0 Å². The number of nitrogens with zero attached hydrogens (tertiary/aromatic N) is 3. The molecule has 0 unspecified atom stereocenters. The van der Waals surface area contributed by atoms with Gasteiger partial charge in [-0.3, -0.25) is 9.69 Å². The summed E-state index contributed by atoms with van der Waals surface area (Å²) in [4.78, 5) is 15.6. The Labute approximate surface area is 173 Å². The highest BCUT2D eigenvalue weighted by atomic mass is 16.5. The normalized spacial score (nSPS) is 19.8. The molecule has 6 heteroatoms. The van der Waals surface area contributed by atoms with E-state index in [0.717, 1.165) is 56.1 Å². The van der Waals surface area contributed by atoms with Gasteiger partial charge < -0.3 is 10.1 Å². The zero-order valence-electron chi connectivity index (χ0n) is 17.6. The molecule has 2 aliphatic heterocycles. The predicted octanol–water partition coefficient (Wildman–Crippen LogP) is 3.25. The van der Waals surface area contributed by atoms with Gasteiger partial charge >= 0.3 is 0 Å². The van der Waals surface area contributed by atoms with E-state index in [2.05, 4.69) is 28.3 Å². The molecule has 0 atom stereocenters. The zero-order valence-corrected chi connectivity index (χ0v) is 17.6. The quantitative estimate of drug-likeness (QED) is 0.843. The van der Waals surface area contributed by atoms with Crippen LogP contribution in [0.3, 0.4) is 0 Å². The van der Waals surface area contributed by atoms with Crippen LogP contribution in [0.15, 0.2) is 30.5 Å². The van der Waals surface area contributed by atoms with Crippen molar-refractivity contribution in [1.29, 1.82) is 0 Å². The number of rotatable bonds is 5. The molecule has 4 rings (SSSR count). The Kier molecular flexibility index (Phi) is 6.01. The fraction of sp³-hybridized carbons (Fsp3) is 0.565. The number of hydrogen-bond donors (Lipinski definition) is 1. The molecule has 3 heterocycles. The van der Waals surface area contributed by atoms with E-state index >= 15 is 0 Å². The van der Waals surface area contributed by atoms with Crippen molar-refractivity contribution < 1.29 is 9.53 Å². The first-order valence-corrected chi connectivity index (χ1v) is 10.8. The van der Waals surface area contributed by atoms with E-state index in [1.54, 1.807) is 6.20 Å². The molecule has 1 aromatic heterocycles. The second-order valence-electron chi connectivity index (χ2n) is 8.41. The minimum absolute atomic E-state index is 0.0221. The number of carbonyl (C=O) groups is 1. The first kappa shape index (κ1) is 20.1. The van der Waals surface area contributed by atoms with E-state index in [1.165, 1.54) is 19.3 Å². The van der Waals surface area contributed by atoms with Gasteiger partial charge in [-0.05, 0) is 64.3 Å². The maximum Gasteiger partial charge on any atom is 0.254 e. The van der Waals surface area contributed by atoms with Gasteiger partial charge in [-0.2, -0.15) is 5.10 Å². The Balaban J connectivity index is 1.49. The fourth-order valence-electron chi connectivity index (χ4n) is 4.74. The van der Waals surface area contributed by atoms with Crippen LogP contribution in [0.1, 0.15) is 53.7 Å². The largest absolute Gasteiger partial charge is 0.381 e. The molecule has 1 aromatic carbocycles. The maximum atomic E-state index is 13.0. The van der Waals surface area contributed by atoms with Gasteiger partial charge in [0, 0.05) is 25.3 Å². The van der Waals surface area contributed by atoms with E-state index in [1.807, 2.05) is 29.8 Å². The number of benzene rings is 1. The van der Waals surface area contributed by atoms with Gasteiger partial charge in [0.2, 0.25) is 0 Å². The number of ether oxygens (including phenoxy) is 1. The molecule has 2 fully saturated rings. The van der Waals surface area contributed by atoms with Gasteiger partial charge in [0.1, 0.15) is 0 Å². The van der Waals surface area contributed by atoms with E-state index in [9.17, 15) is 4.79 Å². The molecule has 0 aliphatic carbocycles. The highest BCUT2D eigenvalue weighted by Gasteiger charge is 2.39. The summed E-state index contributed by atoms with van der Waals surface area (Å²) in [6, 6.07) is 8.10. The second-order valence-corrected chi connectivity index (χ2v) is 8.41. The van der Waals surface area contributed by atoms with Crippen LogP contribution in [0.25, 0.3) is 5.69 Å². The number of amides is 1. The third-order valence-electron chi connectivity index (χ3n) is 6.63. The van der Waals surface area contributed by atoms with Crippen LogP contribution < -0.4 is 5.32 Å². The number of nitrogens with one attached hydrogen (secondary N) is 1. The lowest BCUT2D eigenvalue weighted by Crippen LogP contribution is -2.59. The van der Waals surface area contributed by atoms with Crippen molar-refractivity contribution in [2.45, 2.75) is 51.5 Å². The minimum atomic E-state index is -0.0368. The van der Waals surface area contributed by atoms with E-state index in [4.69, 9.17) is 4.74 Å². The summed E-state index contributed by atoms with van der Waals surface area (Å²) >= 11 is 0. The predicted molar refractivity (Wildman–Crippen MR) is 114 cm³/mol. The first-order valence-electron chi connectivity index (χ1n) is 10.8. The van der Waals surface area contributed by atoms with Crippen molar-refractivity contribution in [3.05, 3.63) is 47.3 Å². The number of para-hydroxylation sites is 1. The van der Waals surface area contributed by atoms with Crippen molar-refractivity contribution >= 4 is 5.91 Å². The summed E-state index contributed by atoms with van der Waals surface area (Å²) in [5.74, 6) is -0.0368. The molecule has 6 nitrogen and oxygen atoms in total. The lowest BCUT2D eigenvalue weighted by atomic mass is 9.86. The molecular weight excluding hydrogens is 364 g/mol. The number of carbonyl (C=O) groups excluding carboxylic acids is 1. The SMILES string of the molecule is Cc1ccccc1-n1ncc(C(=O)NCC2(N3CCCCC3)CCOCC2)c1C. The molecule has 1 amide bonds. The molecule has 29 heavy (non-hydrogen) atoms. The topological polar surface area (TPSA) is 59.4 Å². The molecule has 0 radical (unpaired) electrons. The number of hydrogen-bond acceptors (Lipinski definition) is 4. The van der Waals surface area contributed by atoms with Crippen molar-refractivity contribution in [1.82, 2.24) is 20.0 Å². The van der Waals surface area contributed by atoms with Gasteiger partial charge in [0.15, 0.2) is 0 Å². The van der Waals surface area contributed by atoms with Crippen molar-refractivity contribution in [2.75, 3.05) is 32.8 Å². The zero-order chi connectivity index (χ0) is 20.3. The van der Waals surface area contributed by atoms with Gasteiger partial charge in [-0.15, -0.1) is 0 Å². The lowest BCUT2D eigenvalue weighted by Gasteiger charge is -2.48. The van der Waals surface area contributed by atoms with E-state index in [0.29, 0.717) is 12.1 Å². The summed E-state index contributed by atoms with van der Waals surface area (Å²) in [6.45, 7) is 8.49. The molecule has 2 saturated heterocycles. The summed E-state index contributed by atoms with van der Waals surface area (Å²) in [6.07, 6.45) is 7.46. The average molecular weight is 397 g/mol. The summed E-state index contributed by atoms with van der Waals surface area (Å²) in [5.41, 5.74) is 3.69. The van der Waals surface area contributed by atoms with E-state index in [-0.39, 0.29) is 11.4 Å². The number of aryl methyl sites for hydroxylation is 1. The minimum Gasteiger partial charge on any atom is -0.381 e. The van der Waals surface area contributed by atoms with Gasteiger partial charge in [-0.1, -0.05) is 24.6 Å². The van der Waals surface area contributed by atoms with Gasteiger partial charge in [-0.25, -0.2) is 4.68 Å². The molecule has 0 spiro atoms. The Morgan fingerprint density at radius 1 is 1.14 bits per heavy atom. The van der Waals surface area contributed by atoms with Crippen molar-refractivity contribution in [2.24, 2.45) is 0 Å². The van der Waals surface area contributed by atoms with Crippen molar-refractivity contribution in [3.8, 4) is 5.69 Å². The van der Waals surface area contributed by atoms with Crippen LogP contribution in [0.2, 0.25) is 0 Å². The van der Waals surface area contributed by atoms with Crippen molar-refractivity contribution in [3.63, 3.8) is 0 Å². The Morgan fingerprint density at radius 3 is 2.59 bits per heavy atom. The molecule has 0 bridgehead atoms. The Morgan fingerprint density at radius 2 is 1.86 bits per heavy atom. The first-order chi connectivity index (χ1) is 14.1. The van der Waals surface area contributed by atoms with Crippen LogP contribution >= 0.6 is 0 Å². The Hall–Kier alpha value is -2.18. The standard InChI is InChI=1S/C23H32N4O2/c1-18-8-4-5-9-21(18)27-19(2)20(16-25-27)22(28)24-17-23(10-14-29-15-11-23)26-12-6-3-7-13-26/h4-5,8-9,16H,3,6-7,10-15,17H2,1-2H3,(H,24,28). The van der Waals surface area contributed by atoms with Gasteiger partial charge in [0.25, 0.3) is 5.91 Å². The highest BCUT2D eigenvalue weighted by Crippen LogP contribution is 2.30. The summed E-state index contributed by atoms with van der Waals surface area (Å²) in [5, 5.41) is 7.73. The molecule has 1 N–H and O–H groups in total. The fourth-order valence-corrected chi connectivity index (χ4v) is 4.74. The molecule has 2 aromatic rings.